The first-order valence-electron chi connectivity index (χ1n) is 3.35. The minimum Gasteiger partial charge on any atom is -0.489 e. The molecule has 0 radical (unpaired) electrons. The maximum Gasteiger partial charge on any atom is 0.126 e. The van der Waals surface area contributed by atoms with Gasteiger partial charge in [0, 0.05) is 22.6 Å². The Morgan fingerprint density at radius 3 is 2.54 bits per heavy atom. The van der Waals surface area contributed by atoms with Gasteiger partial charge < -0.3 is 10.9 Å². The molecule has 4 heteroatoms. The van der Waals surface area contributed by atoms with Gasteiger partial charge >= 0.3 is 0 Å². The Bertz CT molecular complexity index is 278. The Kier molecular flexibility index (Phi) is 8.16. The van der Waals surface area contributed by atoms with E-state index in [-0.39, 0.29) is 36.7 Å². The standard InChI is InChI=1S/C9H8O.Fe.H3N.H2S/c1-2-6-9-8(4-1)5-3-7-10-9;;;/h1-6H,7H2;;1H3;1H2. The molecule has 0 aromatic heterocycles. The number of benzene rings is 1. The van der Waals surface area contributed by atoms with E-state index in [0.717, 1.165) is 5.75 Å². The van der Waals surface area contributed by atoms with Crippen LogP contribution in [0.3, 0.4) is 0 Å². The zero-order valence-corrected chi connectivity index (χ0v) is 9.24. The minimum absolute atomic E-state index is 0. The second-order valence-corrected chi connectivity index (χ2v) is 2.25. The summed E-state index contributed by atoms with van der Waals surface area (Å²) < 4.78 is 5.34. The zero-order chi connectivity index (χ0) is 6.81. The van der Waals surface area contributed by atoms with Crippen molar-refractivity contribution in [2.75, 3.05) is 6.61 Å². The molecule has 0 spiro atoms. The van der Waals surface area contributed by atoms with Crippen LogP contribution in [0, 0.1) is 0 Å². The third-order valence-corrected chi connectivity index (χ3v) is 1.55. The van der Waals surface area contributed by atoms with Crippen LogP contribution in [0.5, 0.6) is 5.75 Å². The van der Waals surface area contributed by atoms with Crippen molar-refractivity contribution < 1.29 is 21.8 Å². The van der Waals surface area contributed by atoms with Gasteiger partial charge in [0.05, 0.1) is 0 Å². The molecule has 0 saturated heterocycles. The summed E-state index contributed by atoms with van der Waals surface area (Å²) in [6, 6.07) is 8.03. The zero-order valence-electron chi connectivity index (χ0n) is 7.14. The SMILES string of the molecule is C1=Cc2ccccc2OC1.N.S.[Fe]. The van der Waals surface area contributed by atoms with Crippen LogP contribution in [0.15, 0.2) is 30.3 Å². The van der Waals surface area contributed by atoms with Crippen molar-refractivity contribution in [2.45, 2.75) is 0 Å². The molecule has 74 valence electrons. The van der Waals surface area contributed by atoms with Crippen LogP contribution >= 0.6 is 13.5 Å². The molecule has 2 rings (SSSR count). The fourth-order valence-corrected chi connectivity index (χ4v) is 1.06. The Labute approximate surface area is 95.9 Å². The van der Waals surface area contributed by atoms with E-state index >= 15 is 0 Å². The number of ether oxygens (including phenoxy) is 1. The summed E-state index contributed by atoms with van der Waals surface area (Å²) >= 11 is 0. The van der Waals surface area contributed by atoms with E-state index in [2.05, 4.69) is 6.08 Å². The average molecular weight is 239 g/mol. The summed E-state index contributed by atoms with van der Waals surface area (Å²) in [5.74, 6) is 0.991. The molecule has 0 amide bonds. The minimum atomic E-state index is 0. The Balaban J connectivity index is 0. The molecule has 0 aliphatic carbocycles. The van der Waals surface area contributed by atoms with Gasteiger partial charge in [-0.3, -0.25) is 0 Å². The fourth-order valence-electron chi connectivity index (χ4n) is 1.06. The van der Waals surface area contributed by atoms with Crippen molar-refractivity contribution in [1.29, 1.82) is 0 Å². The van der Waals surface area contributed by atoms with Crippen molar-refractivity contribution in [3.8, 4) is 5.75 Å². The Morgan fingerprint density at radius 2 is 1.85 bits per heavy atom. The van der Waals surface area contributed by atoms with E-state index in [9.17, 15) is 0 Å². The van der Waals surface area contributed by atoms with Gasteiger partial charge in [0.15, 0.2) is 0 Å². The van der Waals surface area contributed by atoms with E-state index < -0.39 is 0 Å². The van der Waals surface area contributed by atoms with E-state index in [1.807, 2.05) is 30.3 Å². The number of fused-ring (bicyclic) bond motifs is 1. The van der Waals surface area contributed by atoms with Crippen LogP contribution in [-0.2, 0) is 17.1 Å². The van der Waals surface area contributed by atoms with Gasteiger partial charge in [0.25, 0.3) is 0 Å². The average Bonchev–Trinajstić information content (AvgIpc) is 2.05. The topological polar surface area (TPSA) is 44.2 Å². The molecule has 3 N–H and O–H groups in total. The van der Waals surface area contributed by atoms with Crippen molar-refractivity contribution in [2.24, 2.45) is 0 Å². The number of rotatable bonds is 0. The van der Waals surface area contributed by atoms with E-state index in [1.165, 1.54) is 5.56 Å². The molecule has 2 nitrogen and oxygen atoms in total. The number of hydrogen-bond acceptors (Lipinski definition) is 2. The third kappa shape index (κ3) is 3.44. The summed E-state index contributed by atoms with van der Waals surface area (Å²) in [4.78, 5) is 0. The summed E-state index contributed by atoms with van der Waals surface area (Å²) in [5, 5.41) is 0. The van der Waals surface area contributed by atoms with Crippen LogP contribution in [0.2, 0.25) is 0 Å². The Morgan fingerprint density at radius 1 is 1.15 bits per heavy atom. The second-order valence-electron chi connectivity index (χ2n) is 2.25. The first-order chi connectivity index (χ1) is 4.97. The van der Waals surface area contributed by atoms with E-state index in [4.69, 9.17) is 4.74 Å². The van der Waals surface area contributed by atoms with E-state index in [0.29, 0.717) is 6.61 Å². The smallest absolute Gasteiger partial charge is 0.126 e. The molecule has 1 aliphatic rings. The van der Waals surface area contributed by atoms with Gasteiger partial charge in [0.1, 0.15) is 12.4 Å². The molecule has 1 aromatic rings. The maximum atomic E-state index is 5.34. The summed E-state index contributed by atoms with van der Waals surface area (Å²) in [5.41, 5.74) is 1.17. The summed E-state index contributed by atoms with van der Waals surface area (Å²) in [6.45, 7) is 0.705. The third-order valence-electron chi connectivity index (χ3n) is 1.55. The predicted octanol–water partition coefficient (Wildman–Crippen LogP) is 2.36. The largest absolute Gasteiger partial charge is 0.489 e. The molecule has 0 saturated carbocycles. The molecule has 1 heterocycles. The summed E-state index contributed by atoms with van der Waals surface area (Å²) in [6.07, 6.45) is 4.10. The number of para-hydroxylation sites is 1. The maximum absolute atomic E-state index is 5.34. The van der Waals surface area contributed by atoms with E-state index in [1.54, 1.807) is 0 Å². The van der Waals surface area contributed by atoms with Gasteiger partial charge in [0.2, 0.25) is 0 Å². The number of hydrogen-bond donors (Lipinski definition) is 1. The fraction of sp³-hybridized carbons (Fsp3) is 0.111. The molecule has 0 bridgehead atoms. The molecule has 0 atom stereocenters. The molecule has 1 aromatic carbocycles. The van der Waals surface area contributed by atoms with Gasteiger partial charge in [-0.25, -0.2) is 0 Å². The summed E-state index contributed by atoms with van der Waals surface area (Å²) in [7, 11) is 0. The van der Waals surface area contributed by atoms with Crippen LogP contribution in [0.4, 0.5) is 0 Å². The van der Waals surface area contributed by atoms with Crippen molar-refractivity contribution in [1.82, 2.24) is 6.15 Å². The Hall–Kier alpha value is -0.411. The molecule has 0 fully saturated rings. The predicted molar refractivity (Wildman–Crippen MR) is 56.4 cm³/mol. The van der Waals surface area contributed by atoms with Gasteiger partial charge in [-0.15, -0.1) is 0 Å². The molecule has 13 heavy (non-hydrogen) atoms. The molecule has 1 aliphatic heterocycles. The van der Waals surface area contributed by atoms with Crippen molar-refractivity contribution in [3.05, 3.63) is 35.9 Å². The van der Waals surface area contributed by atoms with Crippen LogP contribution in [0.1, 0.15) is 5.56 Å². The van der Waals surface area contributed by atoms with Crippen LogP contribution in [0.25, 0.3) is 6.08 Å². The second kappa shape index (κ2) is 7.04. The molecular formula is C9H13FeNOS. The van der Waals surface area contributed by atoms with Crippen LogP contribution < -0.4 is 10.9 Å². The normalized spacial score (nSPS) is 10.8. The monoisotopic (exact) mass is 239 g/mol. The first kappa shape index (κ1) is 15.1. The van der Waals surface area contributed by atoms with Gasteiger partial charge in [-0.05, 0) is 12.1 Å². The van der Waals surface area contributed by atoms with Gasteiger partial charge in [-0.2, -0.15) is 13.5 Å². The van der Waals surface area contributed by atoms with Crippen molar-refractivity contribution >= 4 is 19.6 Å². The molecular weight excluding hydrogens is 226 g/mol. The van der Waals surface area contributed by atoms with Crippen LogP contribution in [-0.4, -0.2) is 6.61 Å². The van der Waals surface area contributed by atoms with Gasteiger partial charge in [-0.1, -0.05) is 24.3 Å². The first-order valence-corrected chi connectivity index (χ1v) is 3.35. The molecule has 0 unspecified atom stereocenters. The quantitative estimate of drug-likeness (QED) is 0.706. The van der Waals surface area contributed by atoms with Crippen molar-refractivity contribution in [3.63, 3.8) is 0 Å².